The van der Waals surface area contributed by atoms with Crippen molar-refractivity contribution in [1.29, 1.82) is 5.59 Å². The number of nitroso groups, excluding NO2 is 1. The molecule has 48 valence electrons. The second-order valence-corrected chi connectivity index (χ2v) is 1.50. The summed E-state index contributed by atoms with van der Waals surface area (Å²) in [6.07, 6.45) is 0. The van der Waals surface area contributed by atoms with Crippen LogP contribution in [-0.4, -0.2) is 26.2 Å². The molecule has 0 aliphatic carbocycles. The van der Waals surface area contributed by atoms with Crippen molar-refractivity contribution < 1.29 is 0 Å². The standard InChI is InChI=1S/C4H10N2.HNO/c1-2-6-4-3-5-1;1-2/h5-6H,1-4H2;1H. The number of hydrogen-bond acceptors (Lipinski definition) is 4. The van der Waals surface area contributed by atoms with Gasteiger partial charge in [0.1, 0.15) is 0 Å². The van der Waals surface area contributed by atoms with E-state index in [2.05, 4.69) is 16.2 Å². The first-order valence-corrected chi connectivity index (χ1v) is 2.62. The minimum atomic E-state index is 1.14. The molecular formula is C4H11N3O. The van der Waals surface area contributed by atoms with Crippen LogP contribution >= 0.6 is 0 Å². The zero-order valence-electron chi connectivity index (χ0n) is 4.74. The van der Waals surface area contributed by atoms with Crippen LogP contribution in [0, 0.1) is 10.5 Å². The number of rotatable bonds is 0. The molecular weight excluding hydrogens is 106 g/mol. The van der Waals surface area contributed by atoms with E-state index >= 15 is 0 Å². The quantitative estimate of drug-likeness (QED) is 0.375. The van der Waals surface area contributed by atoms with Gasteiger partial charge in [-0.15, -0.1) is 0 Å². The number of piperazine rings is 1. The minimum Gasteiger partial charge on any atom is -0.314 e. The second-order valence-electron chi connectivity index (χ2n) is 1.50. The Morgan fingerprint density at radius 1 is 0.875 bits per heavy atom. The van der Waals surface area contributed by atoms with Crippen molar-refractivity contribution >= 4 is 0 Å². The molecule has 8 heavy (non-hydrogen) atoms. The lowest BCUT2D eigenvalue weighted by Gasteiger charge is -2.11. The molecule has 1 aliphatic heterocycles. The molecule has 1 fully saturated rings. The van der Waals surface area contributed by atoms with E-state index in [1.807, 2.05) is 0 Å². The van der Waals surface area contributed by atoms with Gasteiger partial charge in [-0.3, -0.25) is 0 Å². The normalized spacial score (nSPS) is 18.5. The van der Waals surface area contributed by atoms with E-state index in [0.29, 0.717) is 0 Å². The SMILES string of the molecule is C1CNCCN1.N=O. The highest BCUT2D eigenvalue weighted by Gasteiger charge is 1.91. The molecule has 4 heteroatoms. The summed E-state index contributed by atoms with van der Waals surface area (Å²) in [5.74, 6) is 0. The van der Waals surface area contributed by atoms with E-state index in [1.54, 1.807) is 0 Å². The van der Waals surface area contributed by atoms with Crippen LogP contribution < -0.4 is 10.6 Å². The summed E-state index contributed by atoms with van der Waals surface area (Å²) in [6.45, 7) is 4.56. The summed E-state index contributed by atoms with van der Waals surface area (Å²) < 4.78 is 0. The van der Waals surface area contributed by atoms with E-state index in [1.165, 1.54) is 0 Å². The van der Waals surface area contributed by atoms with Gasteiger partial charge in [-0.05, 0) is 0 Å². The summed E-state index contributed by atoms with van der Waals surface area (Å²) in [5.41, 5.74) is 4.50. The molecule has 0 atom stereocenters. The Kier molecular flexibility index (Phi) is 6.13. The van der Waals surface area contributed by atoms with E-state index in [4.69, 9.17) is 4.91 Å². The van der Waals surface area contributed by atoms with E-state index in [-0.39, 0.29) is 0 Å². The number of hydrogen-bond donors (Lipinski definition) is 3. The monoisotopic (exact) mass is 117 g/mol. The highest BCUT2D eigenvalue weighted by molar-refractivity contribution is 4.59. The average Bonchev–Trinajstić information content (AvgIpc) is 1.96. The first-order valence-electron chi connectivity index (χ1n) is 2.62. The summed E-state index contributed by atoms with van der Waals surface area (Å²) in [4.78, 5) is 7.50. The summed E-state index contributed by atoms with van der Waals surface area (Å²) in [5, 5.41) is 6.44. The van der Waals surface area contributed by atoms with Gasteiger partial charge in [0.05, 0.1) is 0 Å². The minimum absolute atomic E-state index is 1.14. The van der Waals surface area contributed by atoms with Crippen LogP contribution in [0.1, 0.15) is 0 Å². The third-order valence-electron chi connectivity index (χ3n) is 0.957. The van der Waals surface area contributed by atoms with Crippen LogP contribution in [0.3, 0.4) is 0 Å². The fourth-order valence-corrected chi connectivity index (χ4v) is 0.604. The maximum atomic E-state index is 7.50. The summed E-state index contributed by atoms with van der Waals surface area (Å²) >= 11 is 0. The molecule has 0 bridgehead atoms. The van der Waals surface area contributed by atoms with Crippen LogP contribution in [-0.2, 0) is 0 Å². The Morgan fingerprint density at radius 2 is 1.12 bits per heavy atom. The topological polar surface area (TPSA) is 65.0 Å². The van der Waals surface area contributed by atoms with Crippen LogP contribution in [0.15, 0.2) is 0 Å². The van der Waals surface area contributed by atoms with Crippen LogP contribution in [0.5, 0.6) is 0 Å². The van der Waals surface area contributed by atoms with Crippen molar-refractivity contribution in [3.63, 3.8) is 0 Å². The average molecular weight is 117 g/mol. The van der Waals surface area contributed by atoms with Crippen LogP contribution in [0.2, 0.25) is 0 Å². The molecule has 0 amide bonds. The summed E-state index contributed by atoms with van der Waals surface area (Å²) in [6, 6.07) is 0. The largest absolute Gasteiger partial charge is 0.314 e. The van der Waals surface area contributed by atoms with E-state index in [9.17, 15) is 0 Å². The molecule has 0 saturated carbocycles. The van der Waals surface area contributed by atoms with Gasteiger partial charge in [0.2, 0.25) is 0 Å². The van der Waals surface area contributed by atoms with Gasteiger partial charge in [0, 0.05) is 26.2 Å². The Labute approximate surface area is 48.4 Å². The fraction of sp³-hybridized carbons (Fsp3) is 1.00. The predicted molar refractivity (Wildman–Crippen MR) is 31.8 cm³/mol. The van der Waals surface area contributed by atoms with Crippen LogP contribution in [0.25, 0.3) is 0 Å². The number of nitrogens with one attached hydrogen (secondary N) is 3. The molecule has 3 N–H and O–H groups in total. The maximum absolute atomic E-state index is 7.50. The summed E-state index contributed by atoms with van der Waals surface area (Å²) in [7, 11) is 0. The lowest BCUT2D eigenvalue weighted by atomic mass is 10.4. The van der Waals surface area contributed by atoms with Crippen LogP contribution in [0.4, 0.5) is 0 Å². The van der Waals surface area contributed by atoms with Crippen molar-refractivity contribution in [2.45, 2.75) is 0 Å². The third kappa shape index (κ3) is 3.70. The fourth-order valence-electron chi connectivity index (χ4n) is 0.604. The third-order valence-corrected chi connectivity index (χ3v) is 0.957. The van der Waals surface area contributed by atoms with Gasteiger partial charge < -0.3 is 10.6 Å². The Hall–Kier alpha value is -0.480. The molecule has 1 rings (SSSR count). The molecule has 1 aliphatic rings. The van der Waals surface area contributed by atoms with Crippen molar-refractivity contribution in [3.05, 3.63) is 4.91 Å². The zero-order valence-corrected chi connectivity index (χ0v) is 4.74. The Bertz CT molecular complexity index is 35.0. The van der Waals surface area contributed by atoms with Crippen molar-refractivity contribution in [3.8, 4) is 0 Å². The molecule has 0 aromatic rings. The lowest BCUT2D eigenvalue weighted by molar-refractivity contribution is 0.534. The molecule has 1 saturated heterocycles. The Balaban J connectivity index is 0.000000222. The zero-order chi connectivity index (χ0) is 6.24. The van der Waals surface area contributed by atoms with Gasteiger partial charge >= 0.3 is 0 Å². The predicted octanol–water partition coefficient (Wildman–Crippen LogP) is -0.489. The molecule has 0 aromatic carbocycles. The van der Waals surface area contributed by atoms with Crippen molar-refractivity contribution in [1.82, 2.24) is 10.6 Å². The van der Waals surface area contributed by atoms with Gasteiger partial charge in [0.25, 0.3) is 0 Å². The first kappa shape index (κ1) is 7.52. The van der Waals surface area contributed by atoms with Gasteiger partial charge in [-0.25, -0.2) is 0 Å². The lowest BCUT2D eigenvalue weighted by Crippen LogP contribution is -2.39. The highest BCUT2D eigenvalue weighted by Crippen LogP contribution is 1.65. The molecule has 0 aromatic heterocycles. The molecule has 0 unspecified atom stereocenters. The molecule has 0 radical (unpaired) electrons. The Morgan fingerprint density at radius 3 is 1.25 bits per heavy atom. The van der Waals surface area contributed by atoms with Gasteiger partial charge in [-0.1, -0.05) is 5.59 Å². The van der Waals surface area contributed by atoms with Gasteiger partial charge in [-0.2, -0.15) is 4.91 Å². The maximum Gasteiger partial charge on any atom is 0.00772 e. The molecule has 4 nitrogen and oxygen atoms in total. The highest BCUT2D eigenvalue weighted by atomic mass is 16.2. The first-order chi connectivity index (χ1) is 4.00. The second kappa shape index (κ2) is 6.52. The molecule has 1 heterocycles. The molecule has 0 spiro atoms. The van der Waals surface area contributed by atoms with Gasteiger partial charge in [0.15, 0.2) is 0 Å². The van der Waals surface area contributed by atoms with Crippen molar-refractivity contribution in [2.24, 2.45) is 0 Å². The van der Waals surface area contributed by atoms with E-state index in [0.717, 1.165) is 26.2 Å². The van der Waals surface area contributed by atoms with E-state index < -0.39 is 0 Å². The van der Waals surface area contributed by atoms with Crippen molar-refractivity contribution in [2.75, 3.05) is 26.2 Å². The smallest absolute Gasteiger partial charge is 0.00772 e.